The second-order valence-corrected chi connectivity index (χ2v) is 4.97. The van der Waals surface area contributed by atoms with E-state index in [4.69, 9.17) is 5.11 Å². The van der Waals surface area contributed by atoms with Crippen LogP contribution in [-0.2, 0) is 9.59 Å². The van der Waals surface area contributed by atoms with Crippen molar-refractivity contribution in [3.8, 4) is 0 Å². The molecule has 0 bridgehead atoms. The molecule has 1 heterocycles. The molecule has 5 nitrogen and oxygen atoms in total. The number of carboxylic acid groups (broad SMARTS) is 1. The highest BCUT2D eigenvalue weighted by molar-refractivity contribution is 5.79. The van der Waals surface area contributed by atoms with Crippen LogP contribution < -0.4 is 0 Å². The highest BCUT2D eigenvalue weighted by atomic mass is 16.4. The molecule has 0 radical (unpaired) electrons. The van der Waals surface area contributed by atoms with Crippen LogP contribution in [-0.4, -0.2) is 59.0 Å². The van der Waals surface area contributed by atoms with Gasteiger partial charge in [-0.2, -0.15) is 0 Å². The van der Waals surface area contributed by atoms with Crippen LogP contribution in [0.1, 0.15) is 32.1 Å². The summed E-state index contributed by atoms with van der Waals surface area (Å²) in [5, 5.41) is 8.90. The fourth-order valence-electron chi connectivity index (χ4n) is 2.60. The monoisotopic (exact) mass is 240 g/mol. The molecule has 1 amide bonds. The normalized spacial score (nSPS) is 20.6. The first-order chi connectivity index (χ1) is 8.16. The minimum absolute atomic E-state index is 0.00968. The van der Waals surface area contributed by atoms with E-state index in [0.717, 1.165) is 45.2 Å². The molecule has 1 aliphatic heterocycles. The van der Waals surface area contributed by atoms with Crippen LogP contribution in [0.25, 0.3) is 0 Å². The molecule has 0 aromatic heterocycles. The van der Waals surface area contributed by atoms with Gasteiger partial charge in [-0.1, -0.05) is 12.8 Å². The fourth-order valence-corrected chi connectivity index (χ4v) is 2.60. The molecule has 2 rings (SSSR count). The molecule has 1 saturated carbocycles. The van der Waals surface area contributed by atoms with Crippen molar-refractivity contribution in [2.75, 3.05) is 26.2 Å². The van der Waals surface area contributed by atoms with Gasteiger partial charge in [-0.05, 0) is 19.3 Å². The maximum absolute atomic E-state index is 11.9. The molecule has 0 atom stereocenters. The number of carboxylic acids is 1. The Kier molecular flexibility index (Phi) is 3.99. The van der Waals surface area contributed by atoms with Crippen LogP contribution in [0.15, 0.2) is 0 Å². The van der Waals surface area contributed by atoms with E-state index in [0.29, 0.717) is 0 Å². The zero-order valence-electron chi connectivity index (χ0n) is 10.1. The summed E-state index contributed by atoms with van der Waals surface area (Å²) in [6, 6.07) is 0.288. The number of carbonyl (C=O) groups is 2. The Balaban J connectivity index is 1.89. The first-order valence-corrected chi connectivity index (χ1v) is 6.40. The van der Waals surface area contributed by atoms with Gasteiger partial charge >= 0.3 is 5.97 Å². The van der Waals surface area contributed by atoms with Crippen LogP contribution in [0.5, 0.6) is 0 Å². The van der Waals surface area contributed by atoms with Crippen molar-refractivity contribution in [1.29, 1.82) is 0 Å². The van der Waals surface area contributed by atoms with Gasteiger partial charge in [0.15, 0.2) is 0 Å². The standard InChI is InChI=1S/C12H20N2O3/c15-11(13-6-3-7-13)8-14(9-12(16)17)10-4-1-2-5-10/h10H,1-9H2,(H,16,17). The average Bonchev–Trinajstić information content (AvgIpc) is 2.65. The average molecular weight is 240 g/mol. The van der Waals surface area contributed by atoms with Crippen molar-refractivity contribution in [2.24, 2.45) is 0 Å². The molecular formula is C12H20N2O3. The number of carbonyl (C=O) groups excluding carboxylic acids is 1. The molecule has 5 heteroatoms. The van der Waals surface area contributed by atoms with Gasteiger partial charge in [0.25, 0.3) is 0 Å². The van der Waals surface area contributed by atoms with Crippen LogP contribution in [0.4, 0.5) is 0 Å². The lowest BCUT2D eigenvalue weighted by molar-refractivity contribution is -0.141. The Morgan fingerprint density at radius 2 is 1.76 bits per heavy atom. The largest absolute Gasteiger partial charge is 0.480 e. The van der Waals surface area contributed by atoms with Gasteiger partial charge < -0.3 is 10.0 Å². The first-order valence-electron chi connectivity index (χ1n) is 6.40. The zero-order chi connectivity index (χ0) is 12.3. The van der Waals surface area contributed by atoms with E-state index < -0.39 is 5.97 Å². The van der Waals surface area contributed by atoms with Crippen LogP contribution in [0.3, 0.4) is 0 Å². The lowest BCUT2D eigenvalue weighted by atomic mass is 10.2. The predicted molar refractivity (Wildman–Crippen MR) is 62.7 cm³/mol. The second kappa shape index (κ2) is 5.49. The summed E-state index contributed by atoms with van der Waals surface area (Å²) in [7, 11) is 0. The van der Waals surface area contributed by atoms with E-state index >= 15 is 0 Å². The third kappa shape index (κ3) is 3.19. The zero-order valence-corrected chi connectivity index (χ0v) is 10.1. The molecule has 1 aliphatic carbocycles. The van der Waals surface area contributed by atoms with Crippen molar-refractivity contribution in [3.05, 3.63) is 0 Å². The van der Waals surface area contributed by atoms with Gasteiger partial charge in [-0.3, -0.25) is 14.5 Å². The Labute approximate surface area is 101 Å². The summed E-state index contributed by atoms with van der Waals surface area (Å²) >= 11 is 0. The molecule has 0 aromatic rings. The Morgan fingerprint density at radius 3 is 2.24 bits per heavy atom. The van der Waals surface area contributed by atoms with Crippen LogP contribution in [0, 0.1) is 0 Å². The molecule has 2 aliphatic rings. The third-order valence-electron chi connectivity index (χ3n) is 3.73. The Morgan fingerprint density at radius 1 is 1.12 bits per heavy atom. The number of likely N-dealkylation sites (tertiary alicyclic amines) is 1. The van der Waals surface area contributed by atoms with Crippen LogP contribution >= 0.6 is 0 Å². The number of rotatable bonds is 5. The molecular weight excluding hydrogens is 220 g/mol. The maximum Gasteiger partial charge on any atom is 0.317 e. The van der Waals surface area contributed by atoms with Crippen molar-refractivity contribution >= 4 is 11.9 Å². The molecule has 0 aromatic carbocycles. The summed E-state index contributed by atoms with van der Waals surface area (Å²) < 4.78 is 0. The van der Waals surface area contributed by atoms with Crippen molar-refractivity contribution < 1.29 is 14.7 Å². The molecule has 1 N–H and O–H groups in total. The molecule has 17 heavy (non-hydrogen) atoms. The third-order valence-corrected chi connectivity index (χ3v) is 3.73. The van der Waals surface area contributed by atoms with E-state index in [2.05, 4.69) is 0 Å². The number of amides is 1. The first kappa shape index (κ1) is 12.4. The van der Waals surface area contributed by atoms with Gasteiger partial charge in [-0.15, -0.1) is 0 Å². The minimum Gasteiger partial charge on any atom is -0.480 e. The number of hydrogen-bond donors (Lipinski definition) is 1. The highest BCUT2D eigenvalue weighted by Crippen LogP contribution is 2.23. The van der Waals surface area contributed by atoms with Crippen molar-refractivity contribution in [3.63, 3.8) is 0 Å². The van der Waals surface area contributed by atoms with Crippen molar-refractivity contribution in [1.82, 2.24) is 9.80 Å². The summed E-state index contributed by atoms with van der Waals surface area (Å²) in [6.07, 6.45) is 5.44. The smallest absolute Gasteiger partial charge is 0.317 e. The fraction of sp³-hybridized carbons (Fsp3) is 0.833. The number of aliphatic carboxylic acids is 1. The van der Waals surface area contributed by atoms with Crippen molar-refractivity contribution in [2.45, 2.75) is 38.1 Å². The quantitative estimate of drug-likeness (QED) is 0.762. The topological polar surface area (TPSA) is 60.9 Å². The Bertz CT molecular complexity index is 296. The molecule has 2 fully saturated rings. The number of hydrogen-bond acceptors (Lipinski definition) is 3. The summed E-state index contributed by atoms with van der Waals surface area (Å²) in [5.74, 6) is -0.752. The SMILES string of the molecule is O=C(O)CN(CC(=O)N1CCC1)C1CCCC1. The van der Waals surface area contributed by atoms with E-state index in [1.165, 1.54) is 0 Å². The van der Waals surface area contributed by atoms with Gasteiger partial charge in [0.05, 0.1) is 13.1 Å². The van der Waals surface area contributed by atoms with Gasteiger partial charge in [-0.25, -0.2) is 0 Å². The lowest BCUT2D eigenvalue weighted by Gasteiger charge is -2.34. The van der Waals surface area contributed by atoms with E-state index in [1.54, 1.807) is 0 Å². The summed E-state index contributed by atoms with van der Waals surface area (Å²) in [4.78, 5) is 26.4. The number of nitrogens with zero attached hydrogens (tertiary/aromatic N) is 2. The molecule has 1 saturated heterocycles. The molecule has 0 spiro atoms. The van der Waals surface area contributed by atoms with Gasteiger partial charge in [0, 0.05) is 19.1 Å². The predicted octanol–water partition coefficient (Wildman–Crippen LogP) is 0.548. The van der Waals surface area contributed by atoms with Gasteiger partial charge in [0.2, 0.25) is 5.91 Å². The van der Waals surface area contributed by atoms with E-state index in [9.17, 15) is 9.59 Å². The Hall–Kier alpha value is -1.10. The van der Waals surface area contributed by atoms with Gasteiger partial charge in [0.1, 0.15) is 0 Å². The highest BCUT2D eigenvalue weighted by Gasteiger charge is 2.29. The second-order valence-electron chi connectivity index (χ2n) is 4.97. The van der Waals surface area contributed by atoms with Crippen LogP contribution in [0.2, 0.25) is 0 Å². The van der Waals surface area contributed by atoms with E-state index in [-0.39, 0.29) is 25.0 Å². The van der Waals surface area contributed by atoms with E-state index in [1.807, 2.05) is 9.80 Å². The lowest BCUT2D eigenvalue weighted by Crippen LogP contribution is -2.50. The maximum atomic E-state index is 11.9. The molecule has 0 unspecified atom stereocenters. The minimum atomic E-state index is -0.840. The summed E-state index contributed by atoms with van der Waals surface area (Å²) in [5.41, 5.74) is 0. The molecule has 96 valence electrons. The summed E-state index contributed by atoms with van der Waals surface area (Å²) in [6.45, 7) is 1.94.